The molecule has 1 aromatic heterocycles. The van der Waals surface area contributed by atoms with Gasteiger partial charge in [-0.3, -0.25) is 14.9 Å². The van der Waals surface area contributed by atoms with E-state index in [1.807, 2.05) is 4.90 Å². The van der Waals surface area contributed by atoms with Gasteiger partial charge in [0.15, 0.2) is 5.78 Å². The second kappa shape index (κ2) is 6.74. The predicted octanol–water partition coefficient (Wildman–Crippen LogP) is 3.23. The summed E-state index contributed by atoms with van der Waals surface area (Å²) in [6, 6.07) is 8.68. The first-order valence-corrected chi connectivity index (χ1v) is 7.70. The molecular formula is C17H16FN3O3. The number of carbonyl (C=O) groups excluding carboxylic acids is 1. The Morgan fingerprint density at radius 3 is 2.38 bits per heavy atom. The summed E-state index contributed by atoms with van der Waals surface area (Å²) in [5.74, 6) is 0.259. The van der Waals surface area contributed by atoms with Crippen LogP contribution in [0.3, 0.4) is 0 Å². The lowest BCUT2D eigenvalue weighted by Crippen LogP contribution is -2.36. The number of nitrogens with zero attached hydrogens (tertiary/aromatic N) is 3. The van der Waals surface area contributed by atoms with Crippen LogP contribution in [0.4, 0.5) is 15.9 Å². The van der Waals surface area contributed by atoms with Crippen LogP contribution in [0.5, 0.6) is 0 Å². The van der Waals surface area contributed by atoms with Crippen molar-refractivity contribution in [3.8, 4) is 0 Å². The van der Waals surface area contributed by atoms with E-state index in [9.17, 15) is 19.3 Å². The van der Waals surface area contributed by atoms with Gasteiger partial charge in [-0.15, -0.1) is 0 Å². The number of benzene rings is 1. The van der Waals surface area contributed by atoms with Crippen LogP contribution in [-0.2, 0) is 0 Å². The lowest BCUT2D eigenvalue weighted by Gasteiger charge is -2.32. The monoisotopic (exact) mass is 329 g/mol. The molecule has 24 heavy (non-hydrogen) atoms. The van der Waals surface area contributed by atoms with E-state index in [-0.39, 0.29) is 23.2 Å². The molecule has 2 aromatic rings. The van der Waals surface area contributed by atoms with Crippen LogP contribution in [0, 0.1) is 21.8 Å². The fourth-order valence-electron chi connectivity index (χ4n) is 2.89. The number of pyridine rings is 1. The molecule has 1 saturated heterocycles. The number of Topliss-reactive ketones (excluding diaryl/α,β-unsaturated/α-hetero) is 1. The Kier molecular flexibility index (Phi) is 4.50. The Hall–Kier alpha value is -2.83. The molecule has 2 heterocycles. The lowest BCUT2D eigenvalue weighted by molar-refractivity contribution is -0.385. The molecule has 7 heteroatoms. The van der Waals surface area contributed by atoms with Crippen LogP contribution in [0.1, 0.15) is 23.2 Å². The Balaban J connectivity index is 1.62. The molecule has 0 atom stereocenters. The summed E-state index contributed by atoms with van der Waals surface area (Å²) in [7, 11) is 0. The SMILES string of the molecule is O=C(c1ccc(F)cc1)C1CCN(c2ccc([N+](=O)[O-])cn2)CC1. The van der Waals surface area contributed by atoms with Crippen molar-refractivity contribution in [2.24, 2.45) is 5.92 Å². The summed E-state index contributed by atoms with van der Waals surface area (Å²) in [4.78, 5) is 28.7. The Morgan fingerprint density at radius 1 is 1.17 bits per heavy atom. The van der Waals surface area contributed by atoms with E-state index in [0.29, 0.717) is 37.3 Å². The number of piperidine rings is 1. The van der Waals surface area contributed by atoms with Crippen molar-refractivity contribution in [1.82, 2.24) is 4.98 Å². The molecule has 0 spiro atoms. The number of carbonyl (C=O) groups is 1. The second-order valence-electron chi connectivity index (χ2n) is 5.76. The fourth-order valence-corrected chi connectivity index (χ4v) is 2.89. The summed E-state index contributed by atoms with van der Waals surface area (Å²) in [5.41, 5.74) is 0.489. The summed E-state index contributed by atoms with van der Waals surface area (Å²) in [6.07, 6.45) is 2.59. The van der Waals surface area contributed by atoms with Crippen LogP contribution in [-0.4, -0.2) is 28.8 Å². The van der Waals surface area contributed by atoms with Crippen LogP contribution >= 0.6 is 0 Å². The number of hydrogen-bond donors (Lipinski definition) is 0. The maximum atomic E-state index is 12.9. The largest absolute Gasteiger partial charge is 0.357 e. The number of rotatable bonds is 4. The normalized spacial score (nSPS) is 15.3. The number of anilines is 1. The van der Waals surface area contributed by atoms with E-state index in [1.54, 1.807) is 6.07 Å². The minimum Gasteiger partial charge on any atom is -0.357 e. The topological polar surface area (TPSA) is 76.3 Å². The molecule has 0 bridgehead atoms. The highest BCUT2D eigenvalue weighted by atomic mass is 19.1. The van der Waals surface area contributed by atoms with Crippen LogP contribution in [0.15, 0.2) is 42.6 Å². The van der Waals surface area contributed by atoms with E-state index in [4.69, 9.17) is 0 Å². The maximum Gasteiger partial charge on any atom is 0.287 e. The molecule has 6 nitrogen and oxygen atoms in total. The predicted molar refractivity (Wildman–Crippen MR) is 86.6 cm³/mol. The molecule has 0 N–H and O–H groups in total. The first-order valence-electron chi connectivity index (χ1n) is 7.70. The van der Waals surface area contributed by atoms with Crippen molar-refractivity contribution in [2.45, 2.75) is 12.8 Å². The second-order valence-corrected chi connectivity index (χ2v) is 5.76. The van der Waals surface area contributed by atoms with Gasteiger partial charge in [-0.05, 0) is 43.2 Å². The smallest absolute Gasteiger partial charge is 0.287 e. The molecule has 124 valence electrons. The van der Waals surface area contributed by atoms with Crippen molar-refractivity contribution >= 4 is 17.3 Å². The average Bonchev–Trinajstić information content (AvgIpc) is 2.62. The van der Waals surface area contributed by atoms with E-state index in [2.05, 4.69) is 4.98 Å². The van der Waals surface area contributed by atoms with Gasteiger partial charge < -0.3 is 4.90 Å². The van der Waals surface area contributed by atoms with Gasteiger partial charge in [0.25, 0.3) is 5.69 Å². The van der Waals surface area contributed by atoms with E-state index < -0.39 is 4.92 Å². The lowest BCUT2D eigenvalue weighted by atomic mass is 9.89. The zero-order valence-electron chi connectivity index (χ0n) is 12.9. The zero-order chi connectivity index (χ0) is 17.1. The summed E-state index contributed by atoms with van der Waals surface area (Å²) >= 11 is 0. The molecule has 1 fully saturated rings. The molecule has 3 rings (SSSR count). The van der Waals surface area contributed by atoms with Gasteiger partial charge in [-0.25, -0.2) is 9.37 Å². The van der Waals surface area contributed by atoms with Gasteiger partial charge in [0.05, 0.1) is 4.92 Å². The highest BCUT2D eigenvalue weighted by molar-refractivity contribution is 5.97. The van der Waals surface area contributed by atoms with Crippen LogP contribution in [0.2, 0.25) is 0 Å². The van der Waals surface area contributed by atoms with E-state index in [1.165, 1.54) is 36.5 Å². The Labute approximate surface area is 138 Å². The molecule has 0 amide bonds. The molecule has 1 aliphatic rings. The zero-order valence-corrected chi connectivity index (χ0v) is 12.9. The first-order chi connectivity index (χ1) is 11.5. The number of halogens is 1. The quantitative estimate of drug-likeness (QED) is 0.489. The molecule has 1 aliphatic heterocycles. The average molecular weight is 329 g/mol. The van der Waals surface area contributed by atoms with E-state index in [0.717, 1.165) is 0 Å². The van der Waals surface area contributed by atoms with Gasteiger partial charge in [0.1, 0.15) is 17.8 Å². The first kappa shape index (κ1) is 16.0. The number of ketones is 1. The van der Waals surface area contributed by atoms with Crippen molar-refractivity contribution in [3.05, 3.63) is 64.1 Å². The third kappa shape index (κ3) is 3.40. The molecular weight excluding hydrogens is 313 g/mol. The van der Waals surface area contributed by atoms with Crippen LogP contribution in [0.25, 0.3) is 0 Å². The maximum absolute atomic E-state index is 12.9. The van der Waals surface area contributed by atoms with Crippen molar-refractivity contribution < 1.29 is 14.1 Å². The van der Waals surface area contributed by atoms with Gasteiger partial charge >= 0.3 is 0 Å². The molecule has 1 aromatic carbocycles. The molecule has 0 unspecified atom stereocenters. The van der Waals surface area contributed by atoms with Gasteiger partial charge in [0, 0.05) is 30.6 Å². The van der Waals surface area contributed by atoms with E-state index >= 15 is 0 Å². The fraction of sp³-hybridized carbons (Fsp3) is 0.294. The Morgan fingerprint density at radius 2 is 1.83 bits per heavy atom. The van der Waals surface area contributed by atoms with Crippen LogP contribution < -0.4 is 4.90 Å². The number of hydrogen-bond acceptors (Lipinski definition) is 5. The van der Waals surface area contributed by atoms with Gasteiger partial charge in [-0.2, -0.15) is 0 Å². The highest BCUT2D eigenvalue weighted by Crippen LogP contribution is 2.25. The Bertz CT molecular complexity index is 739. The molecule has 0 saturated carbocycles. The molecule has 0 radical (unpaired) electrons. The highest BCUT2D eigenvalue weighted by Gasteiger charge is 2.26. The van der Waals surface area contributed by atoms with Gasteiger partial charge in [-0.1, -0.05) is 0 Å². The third-order valence-electron chi connectivity index (χ3n) is 4.26. The number of aromatic nitrogens is 1. The minimum absolute atomic E-state index is 0.0336. The summed E-state index contributed by atoms with van der Waals surface area (Å²) in [5, 5.41) is 10.7. The third-order valence-corrected chi connectivity index (χ3v) is 4.26. The summed E-state index contributed by atoms with van der Waals surface area (Å²) in [6.45, 7) is 1.31. The van der Waals surface area contributed by atoms with Crippen molar-refractivity contribution in [2.75, 3.05) is 18.0 Å². The minimum atomic E-state index is -0.482. The standard InChI is InChI=1S/C17H16FN3O3/c18-14-3-1-12(2-4-14)17(22)13-7-9-20(10-8-13)16-6-5-15(11-19-16)21(23)24/h1-6,11,13H,7-10H2. The summed E-state index contributed by atoms with van der Waals surface area (Å²) < 4.78 is 12.9. The number of nitro groups is 1. The molecule has 0 aliphatic carbocycles. The van der Waals surface area contributed by atoms with Crippen molar-refractivity contribution in [3.63, 3.8) is 0 Å². The van der Waals surface area contributed by atoms with Gasteiger partial charge in [0.2, 0.25) is 0 Å². The van der Waals surface area contributed by atoms with Crippen molar-refractivity contribution in [1.29, 1.82) is 0 Å².